The summed E-state index contributed by atoms with van der Waals surface area (Å²) < 4.78 is 0. The van der Waals surface area contributed by atoms with Crippen LogP contribution in [0, 0.1) is 5.92 Å². The Kier molecular flexibility index (Phi) is 4.24. The average molecular weight is 308 g/mol. The van der Waals surface area contributed by atoms with Crippen LogP contribution in [0.4, 0.5) is 5.13 Å². The van der Waals surface area contributed by atoms with Crippen LogP contribution in [0.3, 0.4) is 0 Å². The third-order valence-electron chi connectivity index (χ3n) is 4.26. The van der Waals surface area contributed by atoms with Crippen LogP contribution >= 0.6 is 11.3 Å². The minimum absolute atomic E-state index is 0.0325. The fourth-order valence-electron chi connectivity index (χ4n) is 3.00. The van der Waals surface area contributed by atoms with E-state index in [0.717, 1.165) is 37.0 Å². The van der Waals surface area contributed by atoms with Crippen molar-refractivity contribution in [2.45, 2.75) is 57.3 Å². The van der Waals surface area contributed by atoms with E-state index in [1.165, 1.54) is 19.3 Å². The second kappa shape index (κ2) is 6.13. The maximum atomic E-state index is 12.1. The molecule has 114 valence electrons. The van der Waals surface area contributed by atoms with Crippen LogP contribution < -0.4 is 5.32 Å². The van der Waals surface area contributed by atoms with E-state index in [1.807, 2.05) is 0 Å². The second-order valence-electron chi connectivity index (χ2n) is 6.07. The molecule has 1 aromatic rings. The van der Waals surface area contributed by atoms with E-state index in [4.69, 9.17) is 0 Å². The van der Waals surface area contributed by atoms with Crippen molar-refractivity contribution >= 4 is 28.3 Å². The highest BCUT2D eigenvalue weighted by molar-refractivity contribution is 7.17. The number of amides is 1. The molecule has 0 aromatic carbocycles. The third kappa shape index (κ3) is 3.61. The molecule has 0 atom stereocenters. The van der Waals surface area contributed by atoms with Gasteiger partial charge in [-0.1, -0.05) is 30.6 Å². The lowest BCUT2D eigenvalue weighted by atomic mass is 9.87. The number of carboxylic acid groups (broad SMARTS) is 1. The van der Waals surface area contributed by atoms with Crippen molar-refractivity contribution in [1.82, 2.24) is 4.98 Å². The Balaban J connectivity index is 1.62. The molecule has 0 unspecified atom stereocenters. The van der Waals surface area contributed by atoms with Crippen molar-refractivity contribution in [3.8, 4) is 0 Å². The van der Waals surface area contributed by atoms with Gasteiger partial charge < -0.3 is 10.4 Å². The summed E-state index contributed by atoms with van der Waals surface area (Å²) in [5.41, 5.74) is 0.653. The van der Waals surface area contributed by atoms with Crippen LogP contribution in [0.5, 0.6) is 0 Å². The van der Waals surface area contributed by atoms with Gasteiger partial charge in [0.05, 0.1) is 5.69 Å². The lowest BCUT2D eigenvalue weighted by molar-refractivity contribution is -0.117. The molecule has 0 saturated heterocycles. The third-order valence-corrected chi connectivity index (χ3v) is 5.23. The fraction of sp³-hybridized carbons (Fsp3) is 0.667. The minimum Gasteiger partial charge on any atom is -0.477 e. The molecule has 3 rings (SSSR count). The lowest BCUT2D eigenvalue weighted by Crippen LogP contribution is -2.18. The van der Waals surface area contributed by atoms with Gasteiger partial charge in [-0.2, -0.15) is 0 Å². The van der Waals surface area contributed by atoms with Gasteiger partial charge in [-0.15, -0.1) is 0 Å². The molecule has 1 amide bonds. The van der Waals surface area contributed by atoms with E-state index >= 15 is 0 Å². The van der Waals surface area contributed by atoms with Crippen LogP contribution in [0.25, 0.3) is 0 Å². The van der Waals surface area contributed by atoms with Crippen LogP contribution in [-0.2, 0) is 4.79 Å². The summed E-state index contributed by atoms with van der Waals surface area (Å²) in [6, 6.07) is 0. The topological polar surface area (TPSA) is 79.3 Å². The smallest absolute Gasteiger partial charge is 0.347 e. The first-order valence-corrected chi connectivity index (χ1v) is 8.49. The predicted molar refractivity (Wildman–Crippen MR) is 80.9 cm³/mol. The van der Waals surface area contributed by atoms with E-state index in [-0.39, 0.29) is 16.7 Å². The Hall–Kier alpha value is -1.43. The van der Waals surface area contributed by atoms with Crippen molar-refractivity contribution < 1.29 is 14.7 Å². The predicted octanol–water partition coefficient (Wildman–Crippen LogP) is 3.63. The van der Waals surface area contributed by atoms with E-state index in [9.17, 15) is 14.7 Å². The van der Waals surface area contributed by atoms with Crippen molar-refractivity contribution in [1.29, 1.82) is 0 Å². The summed E-state index contributed by atoms with van der Waals surface area (Å²) >= 11 is 1.08. The van der Waals surface area contributed by atoms with Gasteiger partial charge in [-0.3, -0.25) is 4.79 Å². The Morgan fingerprint density at radius 1 is 1.19 bits per heavy atom. The molecule has 1 heterocycles. The molecule has 6 heteroatoms. The van der Waals surface area contributed by atoms with E-state index in [2.05, 4.69) is 10.3 Å². The SMILES string of the molecule is O=C(CC1CCCCC1)Nc1nc(C2CC2)c(C(=O)O)s1. The second-order valence-corrected chi connectivity index (χ2v) is 7.07. The Morgan fingerprint density at radius 2 is 1.90 bits per heavy atom. The molecule has 2 N–H and O–H groups in total. The summed E-state index contributed by atoms with van der Waals surface area (Å²) in [6.07, 6.45) is 8.48. The molecule has 0 bridgehead atoms. The van der Waals surface area contributed by atoms with Gasteiger partial charge in [-0.25, -0.2) is 9.78 Å². The van der Waals surface area contributed by atoms with Gasteiger partial charge in [0, 0.05) is 12.3 Å². The first-order valence-electron chi connectivity index (χ1n) is 7.67. The molecule has 1 aromatic heterocycles. The maximum Gasteiger partial charge on any atom is 0.347 e. The number of aromatic carboxylic acids is 1. The van der Waals surface area contributed by atoms with Crippen molar-refractivity contribution in [3.63, 3.8) is 0 Å². The molecule has 0 radical (unpaired) electrons. The highest BCUT2D eigenvalue weighted by Gasteiger charge is 2.32. The largest absolute Gasteiger partial charge is 0.477 e. The van der Waals surface area contributed by atoms with Gasteiger partial charge in [0.2, 0.25) is 5.91 Å². The number of aromatic nitrogens is 1. The normalized spacial score (nSPS) is 19.4. The zero-order valence-electron chi connectivity index (χ0n) is 11.9. The van der Waals surface area contributed by atoms with Gasteiger partial charge >= 0.3 is 5.97 Å². The highest BCUT2D eigenvalue weighted by Crippen LogP contribution is 2.43. The monoisotopic (exact) mass is 308 g/mol. The number of carbonyl (C=O) groups is 2. The molecule has 5 nitrogen and oxygen atoms in total. The van der Waals surface area contributed by atoms with Crippen LogP contribution in [-0.4, -0.2) is 22.0 Å². The van der Waals surface area contributed by atoms with Crippen molar-refractivity contribution in [2.75, 3.05) is 5.32 Å². The first kappa shape index (κ1) is 14.5. The molecule has 2 fully saturated rings. The van der Waals surface area contributed by atoms with Crippen LogP contribution in [0.1, 0.15) is 72.7 Å². The number of hydrogen-bond acceptors (Lipinski definition) is 4. The number of carbonyl (C=O) groups excluding carboxylic acids is 1. The van der Waals surface area contributed by atoms with Gasteiger partial charge in [-0.05, 0) is 31.6 Å². The molecule has 2 aliphatic carbocycles. The molecular weight excluding hydrogens is 288 g/mol. The fourth-order valence-corrected chi connectivity index (χ4v) is 3.90. The highest BCUT2D eigenvalue weighted by atomic mass is 32.1. The summed E-state index contributed by atoms with van der Waals surface area (Å²) in [5, 5.41) is 12.4. The van der Waals surface area contributed by atoms with Crippen LogP contribution in [0.2, 0.25) is 0 Å². The lowest BCUT2D eigenvalue weighted by Gasteiger charge is -2.20. The number of carboxylic acids is 1. The molecule has 2 aliphatic rings. The Morgan fingerprint density at radius 3 is 2.52 bits per heavy atom. The Bertz CT molecular complexity index is 545. The zero-order chi connectivity index (χ0) is 14.8. The number of anilines is 1. The number of rotatable bonds is 5. The van der Waals surface area contributed by atoms with Gasteiger partial charge in [0.1, 0.15) is 4.88 Å². The Labute approximate surface area is 127 Å². The molecule has 2 saturated carbocycles. The van der Waals surface area contributed by atoms with Gasteiger partial charge in [0.15, 0.2) is 5.13 Å². The number of nitrogens with zero attached hydrogens (tertiary/aromatic N) is 1. The number of hydrogen-bond donors (Lipinski definition) is 2. The quantitative estimate of drug-likeness (QED) is 0.870. The molecular formula is C15H20N2O3S. The summed E-state index contributed by atoms with van der Waals surface area (Å²) in [7, 11) is 0. The maximum absolute atomic E-state index is 12.1. The minimum atomic E-state index is -0.942. The molecule has 0 spiro atoms. The standard InChI is InChI=1S/C15H20N2O3S/c18-11(8-9-4-2-1-3-5-9)16-15-17-12(10-6-7-10)13(21-15)14(19)20/h9-10H,1-8H2,(H,19,20)(H,16,17,18). The average Bonchev–Trinajstić information content (AvgIpc) is 3.21. The van der Waals surface area contributed by atoms with Crippen molar-refractivity contribution in [3.05, 3.63) is 10.6 Å². The number of nitrogens with one attached hydrogen (secondary N) is 1. The zero-order valence-corrected chi connectivity index (χ0v) is 12.7. The van der Waals surface area contributed by atoms with Crippen molar-refractivity contribution in [2.24, 2.45) is 5.92 Å². The number of thiazole rings is 1. The van der Waals surface area contributed by atoms with E-state index in [1.54, 1.807) is 0 Å². The summed E-state index contributed by atoms with van der Waals surface area (Å²) in [6.45, 7) is 0. The summed E-state index contributed by atoms with van der Waals surface area (Å²) in [4.78, 5) is 27.9. The van der Waals surface area contributed by atoms with E-state index < -0.39 is 5.97 Å². The van der Waals surface area contributed by atoms with Crippen LogP contribution in [0.15, 0.2) is 0 Å². The molecule has 21 heavy (non-hydrogen) atoms. The molecule has 0 aliphatic heterocycles. The summed E-state index contributed by atoms with van der Waals surface area (Å²) in [5.74, 6) is -0.228. The first-order chi connectivity index (χ1) is 10.1. The van der Waals surface area contributed by atoms with E-state index in [0.29, 0.717) is 23.2 Å². The van der Waals surface area contributed by atoms with Gasteiger partial charge in [0.25, 0.3) is 0 Å².